The van der Waals surface area contributed by atoms with Crippen LogP contribution in [0.2, 0.25) is 0 Å². The molecule has 1 saturated carbocycles. The van der Waals surface area contributed by atoms with Gasteiger partial charge in [0.15, 0.2) is 0 Å². The van der Waals surface area contributed by atoms with Crippen molar-refractivity contribution >= 4 is 12.2 Å². The lowest BCUT2D eigenvalue weighted by molar-refractivity contribution is 0.0287. The van der Waals surface area contributed by atoms with E-state index in [2.05, 4.69) is 9.97 Å². The first-order chi connectivity index (χ1) is 9.29. The molecule has 1 aromatic rings. The lowest BCUT2D eigenvalue weighted by atomic mass is 9.85. The second-order valence-corrected chi connectivity index (χ2v) is 6.18. The Morgan fingerprint density at radius 1 is 1.21 bits per heavy atom. The number of nitrogens with zero attached hydrogens (tertiary/aromatic N) is 1. The van der Waals surface area contributed by atoms with E-state index in [-0.39, 0.29) is 6.10 Å². The van der Waals surface area contributed by atoms with Crippen molar-refractivity contribution < 1.29 is 4.74 Å². The molecule has 1 atom stereocenters. The predicted molar refractivity (Wildman–Crippen MR) is 77.8 cm³/mol. The number of hydrogen-bond donors (Lipinski definition) is 1. The van der Waals surface area contributed by atoms with Gasteiger partial charge in [0, 0.05) is 18.4 Å². The highest BCUT2D eigenvalue weighted by Gasteiger charge is 2.28. The van der Waals surface area contributed by atoms with Gasteiger partial charge in [-0.05, 0) is 38.0 Å². The summed E-state index contributed by atoms with van der Waals surface area (Å²) in [7, 11) is 1.80. The SMILES string of the molecule is COC(c1nc(=S)c2c([nH]1)CCC2)C1CCCCC1. The maximum absolute atomic E-state index is 5.75. The molecule has 0 bridgehead atoms. The molecular formula is C15H22N2OS. The number of aromatic amines is 1. The average Bonchev–Trinajstić information content (AvgIpc) is 2.90. The summed E-state index contributed by atoms with van der Waals surface area (Å²) < 4.78 is 6.54. The molecule has 0 spiro atoms. The van der Waals surface area contributed by atoms with Crippen LogP contribution in [0, 0.1) is 10.6 Å². The van der Waals surface area contributed by atoms with Crippen LogP contribution in [0.4, 0.5) is 0 Å². The summed E-state index contributed by atoms with van der Waals surface area (Å²) in [6.45, 7) is 0. The van der Waals surface area contributed by atoms with Gasteiger partial charge in [0.25, 0.3) is 0 Å². The summed E-state index contributed by atoms with van der Waals surface area (Å²) in [5, 5.41) is 0. The molecule has 1 aromatic heterocycles. The monoisotopic (exact) mass is 278 g/mol. The molecule has 2 aliphatic carbocycles. The highest BCUT2D eigenvalue weighted by Crippen LogP contribution is 2.35. The van der Waals surface area contributed by atoms with E-state index >= 15 is 0 Å². The molecule has 0 aromatic carbocycles. The Morgan fingerprint density at radius 3 is 2.74 bits per heavy atom. The van der Waals surface area contributed by atoms with Crippen LogP contribution in [0.15, 0.2) is 0 Å². The summed E-state index contributed by atoms with van der Waals surface area (Å²) in [6.07, 6.45) is 9.96. The first kappa shape index (κ1) is 13.3. The third-order valence-corrected chi connectivity index (χ3v) is 4.92. The molecule has 3 rings (SSSR count). The summed E-state index contributed by atoms with van der Waals surface area (Å²) in [6, 6.07) is 0. The molecule has 1 N–H and O–H groups in total. The van der Waals surface area contributed by atoms with E-state index in [0.29, 0.717) is 5.92 Å². The van der Waals surface area contributed by atoms with Gasteiger partial charge in [-0.3, -0.25) is 0 Å². The van der Waals surface area contributed by atoms with Crippen LogP contribution in [0.5, 0.6) is 0 Å². The third-order valence-electron chi connectivity index (χ3n) is 4.58. The van der Waals surface area contributed by atoms with Crippen molar-refractivity contribution in [2.75, 3.05) is 7.11 Å². The Bertz CT molecular complexity index is 505. The number of aryl methyl sites for hydroxylation is 1. The number of aromatic nitrogens is 2. The second-order valence-electron chi connectivity index (χ2n) is 5.79. The Labute approximate surface area is 119 Å². The quantitative estimate of drug-likeness (QED) is 0.852. The van der Waals surface area contributed by atoms with Crippen molar-refractivity contribution in [1.29, 1.82) is 0 Å². The number of methoxy groups -OCH3 is 1. The van der Waals surface area contributed by atoms with Gasteiger partial charge in [-0.15, -0.1) is 0 Å². The molecule has 19 heavy (non-hydrogen) atoms. The lowest BCUT2D eigenvalue weighted by Gasteiger charge is -2.28. The zero-order valence-electron chi connectivity index (χ0n) is 11.6. The fraction of sp³-hybridized carbons (Fsp3) is 0.733. The number of nitrogens with one attached hydrogen (secondary N) is 1. The minimum atomic E-state index is 0.0906. The van der Waals surface area contributed by atoms with Crippen LogP contribution in [-0.4, -0.2) is 17.1 Å². The number of rotatable bonds is 3. The topological polar surface area (TPSA) is 37.9 Å². The summed E-state index contributed by atoms with van der Waals surface area (Å²) in [5.74, 6) is 1.55. The van der Waals surface area contributed by atoms with Crippen molar-refractivity contribution in [3.05, 3.63) is 21.7 Å². The number of H-pyrrole nitrogens is 1. The molecule has 1 fully saturated rings. The van der Waals surface area contributed by atoms with E-state index in [1.54, 1.807) is 7.11 Å². The molecule has 3 nitrogen and oxygen atoms in total. The minimum Gasteiger partial charge on any atom is -0.373 e. The van der Waals surface area contributed by atoms with E-state index in [4.69, 9.17) is 17.0 Å². The van der Waals surface area contributed by atoms with Crippen molar-refractivity contribution in [3.63, 3.8) is 0 Å². The van der Waals surface area contributed by atoms with Gasteiger partial charge in [-0.2, -0.15) is 0 Å². The predicted octanol–water partition coefficient (Wildman–Crippen LogP) is 3.90. The van der Waals surface area contributed by atoms with Gasteiger partial charge in [0.05, 0.1) is 0 Å². The molecular weight excluding hydrogens is 256 g/mol. The molecule has 1 heterocycles. The molecule has 4 heteroatoms. The fourth-order valence-corrected chi connectivity index (χ4v) is 3.90. The first-order valence-corrected chi connectivity index (χ1v) is 7.85. The number of fused-ring (bicyclic) bond motifs is 1. The smallest absolute Gasteiger partial charge is 0.137 e. The molecule has 2 aliphatic rings. The van der Waals surface area contributed by atoms with Gasteiger partial charge in [-0.25, -0.2) is 4.98 Å². The van der Waals surface area contributed by atoms with E-state index in [9.17, 15) is 0 Å². The van der Waals surface area contributed by atoms with E-state index in [0.717, 1.165) is 23.3 Å². The van der Waals surface area contributed by atoms with Crippen molar-refractivity contribution in [3.8, 4) is 0 Å². The fourth-order valence-electron chi connectivity index (χ4n) is 3.58. The highest BCUT2D eigenvalue weighted by molar-refractivity contribution is 7.71. The van der Waals surface area contributed by atoms with Crippen LogP contribution < -0.4 is 0 Å². The van der Waals surface area contributed by atoms with Gasteiger partial charge < -0.3 is 9.72 Å². The maximum atomic E-state index is 5.75. The second kappa shape index (κ2) is 5.71. The normalized spacial score (nSPS) is 21.3. The standard InChI is InChI=1S/C15H22N2OS/c1-18-13(10-6-3-2-4-7-10)14-16-12-9-5-8-11(12)15(19)17-14/h10,13H,2-9H2,1H3,(H,16,17,19). The largest absolute Gasteiger partial charge is 0.373 e. The molecule has 1 unspecified atom stereocenters. The minimum absolute atomic E-state index is 0.0906. The van der Waals surface area contributed by atoms with Gasteiger partial charge >= 0.3 is 0 Å². The highest BCUT2D eigenvalue weighted by atomic mass is 32.1. The molecule has 104 valence electrons. The Balaban J connectivity index is 1.91. The Hall–Kier alpha value is -0.740. The van der Waals surface area contributed by atoms with E-state index in [1.807, 2.05) is 0 Å². The summed E-state index contributed by atoms with van der Waals surface area (Å²) in [5.41, 5.74) is 2.56. The van der Waals surface area contributed by atoms with Crippen LogP contribution in [0.3, 0.4) is 0 Å². The van der Waals surface area contributed by atoms with Crippen LogP contribution in [0.25, 0.3) is 0 Å². The van der Waals surface area contributed by atoms with E-state index in [1.165, 1.54) is 49.8 Å². The zero-order chi connectivity index (χ0) is 13.2. The summed E-state index contributed by atoms with van der Waals surface area (Å²) in [4.78, 5) is 8.14. The van der Waals surface area contributed by atoms with Crippen LogP contribution >= 0.6 is 12.2 Å². The van der Waals surface area contributed by atoms with Crippen molar-refractivity contribution in [2.45, 2.75) is 57.5 Å². The maximum Gasteiger partial charge on any atom is 0.137 e. The van der Waals surface area contributed by atoms with Crippen LogP contribution in [-0.2, 0) is 17.6 Å². The molecule has 0 radical (unpaired) electrons. The van der Waals surface area contributed by atoms with E-state index < -0.39 is 0 Å². The zero-order valence-corrected chi connectivity index (χ0v) is 12.4. The lowest BCUT2D eigenvalue weighted by Crippen LogP contribution is -2.21. The van der Waals surface area contributed by atoms with Crippen LogP contribution in [0.1, 0.15) is 61.7 Å². The summed E-state index contributed by atoms with van der Waals surface area (Å²) >= 11 is 5.45. The van der Waals surface area contributed by atoms with Gasteiger partial charge in [-0.1, -0.05) is 31.5 Å². The number of hydrogen-bond acceptors (Lipinski definition) is 3. The number of ether oxygens (including phenoxy) is 1. The first-order valence-electron chi connectivity index (χ1n) is 7.44. The average molecular weight is 278 g/mol. The third kappa shape index (κ3) is 2.61. The Morgan fingerprint density at radius 2 is 2.00 bits per heavy atom. The molecule has 0 aliphatic heterocycles. The molecule has 0 amide bonds. The molecule has 0 saturated heterocycles. The van der Waals surface area contributed by atoms with Gasteiger partial charge in [0.2, 0.25) is 0 Å². The Kier molecular flexibility index (Phi) is 3.99. The van der Waals surface area contributed by atoms with Crippen molar-refractivity contribution in [2.24, 2.45) is 5.92 Å². The van der Waals surface area contributed by atoms with Crippen molar-refractivity contribution in [1.82, 2.24) is 9.97 Å². The van der Waals surface area contributed by atoms with Gasteiger partial charge in [0.1, 0.15) is 16.6 Å².